The molecule has 0 N–H and O–H groups in total. The van der Waals surface area contributed by atoms with Gasteiger partial charge in [0.2, 0.25) is 0 Å². The molecule has 80 valence electrons. The van der Waals surface area contributed by atoms with Gasteiger partial charge in [-0.25, -0.2) is 0 Å². The van der Waals surface area contributed by atoms with E-state index in [1.165, 1.54) is 0 Å². The molecule has 0 unspecified atom stereocenters. The van der Waals surface area contributed by atoms with Gasteiger partial charge in [0.1, 0.15) is 0 Å². The van der Waals surface area contributed by atoms with Gasteiger partial charge in [0, 0.05) is 0 Å². The van der Waals surface area contributed by atoms with Crippen LogP contribution in [0.15, 0.2) is 65.6 Å². The molecule has 3 heteroatoms. The Labute approximate surface area is 104 Å². The number of rotatable bonds is 4. The van der Waals surface area contributed by atoms with Gasteiger partial charge in [-0.2, -0.15) is 0 Å². The minimum atomic E-state index is -0.0806. The molecule has 2 rings (SSSR count). The first-order valence-electron chi connectivity index (χ1n) is 4.85. The molecule has 0 aliphatic carbocycles. The fraction of sp³-hybridized carbons (Fsp3) is 0. The molecule has 0 spiro atoms. The van der Waals surface area contributed by atoms with E-state index < -0.39 is 0 Å². The van der Waals surface area contributed by atoms with Crippen LogP contribution in [0.3, 0.4) is 0 Å². The van der Waals surface area contributed by atoms with E-state index >= 15 is 0 Å². The predicted molar refractivity (Wildman–Crippen MR) is 68.8 cm³/mol. The van der Waals surface area contributed by atoms with E-state index in [9.17, 15) is 4.79 Å². The molecule has 0 aromatic heterocycles. The quantitative estimate of drug-likeness (QED) is 0.805. The Balaban J connectivity index is 1.95. The second kappa shape index (κ2) is 5.90. The number of hydrogen-bond acceptors (Lipinski definition) is 2. The third-order valence-electron chi connectivity index (χ3n) is 1.97. The van der Waals surface area contributed by atoms with E-state index in [2.05, 4.69) is 0 Å². The molecule has 0 fully saturated rings. The number of hydrogen-bond donors (Lipinski definition) is 0. The van der Waals surface area contributed by atoms with Gasteiger partial charge < -0.3 is 0 Å². The van der Waals surface area contributed by atoms with Crippen molar-refractivity contribution >= 4 is 28.7 Å². The topological polar surface area (TPSA) is 17.1 Å². The Kier molecular flexibility index (Phi) is 4.23. The maximum absolute atomic E-state index is 11.8. The Hall–Kier alpha value is -1.02. The molecule has 0 amide bonds. The van der Waals surface area contributed by atoms with Crippen LogP contribution in [-0.4, -0.2) is 18.5 Å². The molecule has 0 bridgehead atoms. The summed E-state index contributed by atoms with van der Waals surface area (Å²) in [5, 5.41) is 0. The molecule has 0 radical (unpaired) electrons. The van der Waals surface area contributed by atoms with Crippen molar-refractivity contribution in [3.63, 3.8) is 0 Å². The molecule has 0 atom stereocenters. The van der Waals surface area contributed by atoms with Crippen molar-refractivity contribution in [2.24, 2.45) is 0 Å². The van der Waals surface area contributed by atoms with E-state index in [-0.39, 0.29) is 18.5 Å². The summed E-state index contributed by atoms with van der Waals surface area (Å²) in [4.78, 5) is 13.0. The van der Waals surface area contributed by atoms with Crippen molar-refractivity contribution in [3.05, 3.63) is 66.2 Å². The monoisotopic (exact) mass is 294 g/mol. The SMILES string of the molecule is O=C([Se]Sc1ccccc1)c1ccccc1. The fourth-order valence-corrected chi connectivity index (χ4v) is 4.39. The first kappa shape index (κ1) is 11.5. The van der Waals surface area contributed by atoms with E-state index in [0.717, 1.165) is 10.5 Å². The van der Waals surface area contributed by atoms with Gasteiger partial charge >= 0.3 is 105 Å². The average molecular weight is 293 g/mol. The van der Waals surface area contributed by atoms with Crippen molar-refractivity contribution in [1.82, 2.24) is 0 Å². The van der Waals surface area contributed by atoms with Crippen LogP contribution in [-0.2, 0) is 0 Å². The van der Waals surface area contributed by atoms with Crippen LogP contribution in [0.25, 0.3) is 0 Å². The van der Waals surface area contributed by atoms with E-state index in [4.69, 9.17) is 0 Å². The Bertz CT molecular complexity index is 456. The second-order valence-corrected chi connectivity index (χ2v) is 6.81. The zero-order valence-electron chi connectivity index (χ0n) is 8.50. The van der Waals surface area contributed by atoms with Crippen LogP contribution in [0.1, 0.15) is 10.4 Å². The molecule has 0 saturated heterocycles. The zero-order valence-corrected chi connectivity index (χ0v) is 11.0. The van der Waals surface area contributed by atoms with Gasteiger partial charge in [-0.05, 0) is 0 Å². The summed E-state index contributed by atoms with van der Waals surface area (Å²) in [6.45, 7) is 0. The van der Waals surface area contributed by atoms with Crippen molar-refractivity contribution in [2.45, 2.75) is 4.90 Å². The van der Waals surface area contributed by atoms with Crippen LogP contribution in [0, 0.1) is 0 Å². The molecule has 0 heterocycles. The summed E-state index contributed by atoms with van der Waals surface area (Å²) in [6, 6.07) is 19.5. The second-order valence-electron chi connectivity index (χ2n) is 3.13. The van der Waals surface area contributed by atoms with Crippen molar-refractivity contribution in [3.8, 4) is 0 Å². The molecule has 1 nitrogen and oxygen atoms in total. The van der Waals surface area contributed by atoms with Gasteiger partial charge in [-0.1, -0.05) is 0 Å². The van der Waals surface area contributed by atoms with Crippen LogP contribution in [0.5, 0.6) is 0 Å². The maximum atomic E-state index is 11.8. The van der Waals surface area contributed by atoms with Gasteiger partial charge in [0.25, 0.3) is 0 Å². The molecule has 16 heavy (non-hydrogen) atoms. The number of carbonyl (C=O) groups is 1. The van der Waals surface area contributed by atoms with E-state index in [1.54, 1.807) is 10.2 Å². The first-order chi connectivity index (χ1) is 7.86. The summed E-state index contributed by atoms with van der Waals surface area (Å²) in [7, 11) is 1.64. The van der Waals surface area contributed by atoms with Crippen LogP contribution in [0.4, 0.5) is 0 Å². The standard InChI is InChI=1S/C13H10OSSe/c14-13(11-7-3-1-4-8-11)16-15-12-9-5-2-6-10-12/h1-10H. The molecule has 2 aromatic rings. The Morgan fingerprint density at radius 2 is 1.44 bits per heavy atom. The molecular formula is C13H10OSSe. The van der Waals surface area contributed by atoms with Crippen molar-refractivity contribution in [1.29, 1.82) is 0 Å². The summed E-state index contributed by atoms with van der Waals surface area (Å²) in [5.74, 6) is 0. The van der Waals surface area contributed by atoms with Crippen LogP contribution >= 0.6 is 10.2 Å². The number of carbonyl (C=O) groups excluding carboxylic acids is 1. The van der Waals surface area contributed by atoms with Gasteiger partial charge in [-0.15, -0.1) is 0 Å². The minimum absolute atomic E-state index is 0.0806. The summed E-state index contributed by atoms with van der Waals surface area (Å²) in [5.41, 5.74) is 0.811. The van der Waals surface area contributed by atoms with Gasteiger partial charge in [-0.3, -0.25) is 0 Å². The number of benzene rings is 2. The molecule has 2 aromatic carbocycles. The third-order valence-corrected chi connectivity index (χ3v) is 5.85. The van der Waals surface area contributed by atoms with Crippen LogP contribution in [0.2, 0.25) is 0 Å². The summed E-state index contributed by atoms with van der Waals surface area (Å²) >= 11 is -0.0806. The molecule has 0 aliphatic heterocycles. The van der Waals surface area contributed by atoms with Crippen molar-refractivity contribution < 1.29 is 4.79 Å². The Morgan fingerprint density at radius 1 is 0.875 bits per heavy atom. The first-order valence-corrected chi connectivity index (χ1v) is 8.55. The summed E-state index contributed by atoms with van der Waals surface area (Å²) < 4.78 is 0.238. The molecule has 0 aliphatic rings. The van der Waals surface area contributed by atoms with E-state index in [0.29, 0.717) is 0 Å². The molecule has 0 saturated carbocycles. The normalized spacial score (nSPS) is 10.0. The summed E-state index contributed by atoms with van der Waals surface area (Å²) in [6.07, 6.45) is 0. The fourth-order valence-electron chi connectivity index (χ4n) is 1.18. The Morgan fingerprint density at radius 3 is 2.06 bits per heavy atom. The third kappa shape index (κ3) is 3.24. The van der Waals surface area contributed by atoms with E-state index in [1.807, 2.05) is 60.7 Å². The van der Waals surface area contributed by atoms with Gasteiger partial charge in [0.15, 0.2) is 0 Å². The average Bonchev–Trinajstić information content (AvgIpc) is 2.38. The zero-order chi connectivity index (χ0) is 11.2. The molecular weight excluding hydrogens is 283 g/mol. The van der Waals surface area contributed by atoms with Crippen molar-refractivity contribution in [2.75, 3.05) is 0 Å². The van der Waals surface area contributed by atoms with Gasteiger partial charge in [0.05, 0.1) is 0 Å². The predicted octanol–water partition coefficient (Wildman–Crippen LogP) is 3.24. The van der Waals surface area contributed by atoms with Crippen LogP contribution < -0.4 is 0 Å².